The number of nitrogens with zero attached hydrogens (tertiary/aromatic N) is 3. The van der Waals surface area contributed by atoms with Crippen molar-refractivity contribution in [2.45, 2.75) is 13.3 Å². The fourth-order valence-electron chi connectivity index (χ4n) is 4.61. The molecule has 0 saturated heterocycles. The molecule has 38 heavy (non-hydrogen) atoms. The highest BCUT2D eigenvalue weighted by atomic mass is 35.5. The van der Waals surface area contributed by atoms with E-state index < -0.39 is 11.8 Å². The van der Waals surface area contributed by atoms with E-state index in [1.54, 1.807) is 54.3 Å². The number of hydrogen-bond donors (Lipinski definition) is 0. The molecule has 4 aromatic rings. The first-order valence-electron chi connectivity index (χ1n) is 11.9. The normalized spacial score (nSPS) is 12.1. The van der Waals surface area contributed by atoms with Gasteiger partial charge >= 0.3 is 5.97 Å². The van der Waals surface area contributed by atoms with Gasteiger partial charge in [0.1, 0.15) is 23.1 Å². The first kappa shape index (κ1) is 25.2. The molecule has 0 saturated carbocycles. The zero-order chi connectivity index (χ0) is 26.8. The van der Waals surface area contributed by atoms with Crippen LogP contribution in [0.25, 0.3) is 0 Å². The molecule has 0 unspecified atom stereocenters. The maximum absolute atomic E-state index is 13.7. The number of hydrogen-bond acceptors (Lipinski definition) is 7. The third kappa shape index (κ3) is 4.66. The molecule has 0 N–H and O–H groups in total. The van der Waals surface area contributed by atoms with Gasteiger partial charge in [-0.1, -0.05) is 35.9 Å². The predicted octanol–water partition coefficient (Wildman–Crippen LogP) is 5.60. The molecule has 1 heterocycles. The Bertz CT molecular complexity index is 1570. The minimum Gasteiger partial charge on any atom is -0.462 e. The van der Waals surface area contributed by atoms with Crippen LogP contribution < -0.4 is 4.90 Å². The lowest BCUT2D eigenvalue weighted by molar-refractivity contribution is 0.0524. The lowest BCUT2D eigenvalue weighted by Gasteiger charge is -2.26. The lowest BCUT2D eigenvalue weighted by Crippen LogP contribution is -2.27. The summed E-state index contributed by atoms with van der Waals surface area (Å²) in [4.78, 5) is 49.9. The van der Waals surface area contributed by atoms with E-state index >= 15 is 0 Å². The molecule has 0 aliphatic heterocycles. The van der Waals surface area contributed by atoms with Gasteiger partial charge < -0.3 is 9.64 Å². The summed E-state index contributed by atoms with van der Waals surface area (Å²) in [5.41, 5.74) is 2.21. The standard InChI is InChI=1S/C29H21ClFN3O4/c1-2-38-29(37)22-11-12-23-26(28(36)21-6-4-3-5-20(21)27(23)35)19(22)13-14-34(18-9-7-17(31)8-10-18)25-15-24(30)32-16-33-25/h3-12,15-16H,2,13-14H2,1H3. The van der Waals surface area contributed by atoms with Crippen molar-refractivity contribution in [2.75, 3.05) is 18.1 Å². The van der Waals surface area contributed by atoms with Gasteiger partial charge in [-0.3, -0.25) is 9.59 Å². The first-order chi connectivity index (χ1) is 18.4. The Hall–Kier alpha value is -4.43. The minimum atomic E-state index is -0.595. The van der Waals surface area contributed by atoms with Gasteiger partial charge in [0.05, 0.1) is 12.2 Å². The van der Waals surface area contributed by atoms with Crippen molar-refractivity contribution < 1.29 is 23.5 Å². The molecule has 9 heteroatoms. The number of anilines is 2. The fourth-order valence-corrected chi connectivity index (χ4v) is 4.75. The highest BCUT2D eigenvalue weighted by molar-refractivity contribution is 6.30. The van der Waals surface area contributed by atoms with E-state index in [1.807, 2.05) is 0 Å². The van der Waals surface area contributed by atoms with Crippen molar-refractivity contribution in [1.29, 1.82) is 0 Å². The summed E-state index contributed by atoms with van der Waals surface area (Å²) in [5.74, 6) is -1.19. The van der Waals surface area contributed by atoms with E-state index in [1.165, 1.54) is 30.6 Å². The van der Waals surface area contributed by atoms with E-state index in [2.05, 4.69) is 9.97 Å². The number of ether oxygens (including phenoxy) is 1. The van der Waals surface area contributed by atoms with Crippen molar-refractivity contribution in [3.63, 3.8) is 0 Å². The fraction of sp³-hybridized carbons (Fsp3) is 0.138. The molecule has 5 rings (SSSR count). The second-order valence-corrected chi connectivity index (χ2v) is 8.90. The topological polar surface area (TPSA) is 89.5 Å². The quantitative estimate of drug-likeness (QED) is 0.200. The second kappa shape index (κ2) is 10.5. The Morgan fingerprint density at radius 2 is 1.66 bits per heavy atom. The molecule has 190 valence electrons. The number of aromatic nitrogens is 2. The van der Waals surface area contributed by atoms with Crippen LogP contribution in [0.5, 0.6) is 0 Å². The molecule has 7 nitrogen and oxygen atoms in total. The summed E-state index contributed by atoms with van der Waals surface area (Å²) in [6.45, 7) is 2.05. The molecule has 0 atom stereocenters. The highest BCUT2D eigenvalue weighted by Gasteiger charge is 2.34. The van der Waals surface area contributed by atoms with E-state index in [0.717, 1.165) is 0 Å². The average molecular weight is 530 g/mol. The van der Waals surface area contributed by atoms with E-state index in [-0.39, 0.29) is 58.5 Å². The molecule has 1 aliphatic rings. The maximum Gasteiger partial charge on any atom is 0.338 e. The van der Waals surface area contributed by atoms with Crippen LogP contribution in [-0.2, 0) is 11.2 Å². The SMILES string of the molecule is CCOC(=O)c1ccc2c(c1CCN(c1ccc(F)cc1)c1cc(Cl)ncn1)C(=O)c1ccccc1C2=O. The van der Waals surface area contributed by atoms with E-state index in [4.69, 9.17) is 16.3 Å². The van der Waals surface area contributed by atoms with Gasteiger partial charge in [0.2, 0.25) is 0 Å². The number of benzene rings is 3. The highest BCUT2D eigenvalue weighted by Crippen LogP contribution is 2.33. The van der Waals surface area contributed by atoms with Crippen molar-refractivity contribution in [3.8, 4) is 0 Å². The minimum absolute atomic E-state index is 0.145. The monoisotopic (exact) mass is 529 g/mol. The van der Waals surface area contributed by atoms with Crippen LogP contribution in [0, 0.1) is 5.82 Å². The smallest absolute Gasteiger partial charge is 0.338 e. The lowest BCUT2D eigenvalue weighted by atomic mass is 9.79. The maximum atomic E-state index is 13.7. The molecule has 0 fully saturated rings. The number of fused-ring (bicyclic) bond motifs is 2. The van der Waals surface area contributed by atoms with Crippen LogP contribution in [0.4, 0.5) is 15.9 Å². The predicted molar refractivity (Wildman–Crippen MR) is 140 cm³/mol. The summed E-state index contributed by atoms with van der Waals surface area (Å²) in [6.07, 6.45) is 1.47. The molecule has 0 spiro atoms. The van der Waals surface area contributed by atoms with Crippen molar-refractivity contribution in [2.24, 2.45) is 0 Å². The van der Waals surface area contributed by atoms with Gasteiger partial charge in [0.25, 0.3) is 0 Å². The van der Waals surface area contributed by atoms with Crippen molar-refractivity contribution in [3.05, 3.63) is 117 Å². The van der Waals surface area contributed by atoms with Gasteiger partial charge in [0, 0.05) is 40.6 Å². The third-order valence-corrected chi connectivity index (χ3v) is 6.52. The molecule has 1 aromatic heterocycles. The molecular weight excluding hydrogens is 509 g/mol. The molecular formula is C29H21ClFN3O4. The number of ketones is 2. The number of rotatable bonds is 7. The van der Waals surface area contributed by atoms with Gasteiger partial charge in [0.15, 0.2) is 11.6 Å². The zero-order valence-corrected chi connectivity index (χ0v) is 21.0. The van der Waals surface area contributed by atoms with Crippen LogP contribution in [0.1, 0.15) is 54.7 Å². The number of esters is 1. The third-order valence-electron chi connectivity index (χ3n) is 6.32. The molecule has 0 amide bonds. The Kier molecular flexibility index (Phi) is 6.98. The summed E-state index contributed by atoms with van der Waals surface area (Å²) in [7, 11) is 0. The van der Waals surface area contributed by atoms with Crippen molar-refractivity contribution in [1.82, 2.24) is 9.97 Å². The number of carbonyl (C=O) groups is 3. The Morgan fingerprint density at radius 1 is 0.947 bits per heavy atom. The van der Waals surface area contributed by atoms with Gasteiger partial charge in [-0.15, -0.1) is 0 Å². The van der Waals surface area contributed by atoms with Gasteiger partial charge in [-0.05, 0) is 55.3 Å². The molecule has 1 aliphatic carbocycles. The first-order valence-corrected chi connectivity index (χ1v) is 12.3. The Labute approximate surface area is 222 Å². The molecule has 0 bridgehead atoms. The Morgan fingerprint density at radius 3 is 2.34 bits per heavy atom. The van der Waals surface area contributed by atoms with Crippen LogP contribution in [0.2, 0.25) is 5.15 Å². The summed E-state index contributed by atoms with van der Waals surface area (Å²) < 4.78 is 19.0. The van der Waals surface area contributed by atoms with E-state index in [0.29, 0.717) is 22.6 Å². The Balaban J connectivity index is 1.62. The van der Waals surface area contributed by atoms with Crippen LogP contribution in [0.15, 0.2) is 73.1 Å². The van der Waals surface area contributed by atoms with Crippen LogP contribution in [-0.4, -0.2) is 40.7 Å². The number of halogens is 2. The zero-order valence-electron chi connectivity index (χ0n) is 20.3. The summed E-state index contributed by atoms with van der Waals surface area (Å²) in [6, 6.07) is 17.0. The van der Waals surface area contributed by atoms with Gasteiger partial charge in [-0.25, -0.2) is 19.2 Å². The largest absolute Gasteiger partial charge is 0.462 e. The summed E-state index contributed by atoms with van der Waals surface area (Å²) in [5, 5.41) is 0.212. The van der Waals surface area contributed by atoms with Crippen LogP contribution in [0.3, 0.4) is 0 Å². The van der Waals surface area contributed by atoms with E-state index in [9.17, 15) is 18.8 Å². The second-order valence-electron chi connectivity index (χ2n) is 8.52. The molecule has 3 aromatic carbocycles. The van der Waals surface area contributed by atoms with Gasteiger partial charge in [-0.2, -0.15) is 0 Å². The van der Waals surface area contributed by atoms with Crippen molar-refractivity contribution >= 4 is 40.6 Å². The average Bonchev–Trinajstić information content (AvgIpc) is 2.92. The van der Waals surface area contributed by atoms with Crippen LogP contribution >= 0.6 is 11.6 Å². The number of carbonyl (C=O) groups excluding carboxylic acids is 3. The summed E-state index contributed by atoms with van der Waals surface area (Å²) >= 11 is 6.12. The molecule has 0 radical (unpaired) electrons.